The molecule has 0 atom stereocenters. The standard InChI is InChI=1S/C14H21N3O/c1-15-8-10-6-11(7-10)18-14-12-4-2-3-5-13(12)16-9-17-14/h9-11,15H,2-8H2,1H3. The lowest BCUT2D eigenvalue weighted by Gasteiger charge is -2.35. The third-order valence-corrected chi connectivity index (χ3v) is 4.05. The van der Waals surface area contributed by atoms with Crippen molar-refractivity contribution in [2.75, 3.05) is 13.6 Å². The minimum absolute atomic E-state index is 0.365. The van der Waals surface area contributed by atoms with Crippen LogP contribution in [0.1, 0.15) is 36.9 Å². The first-order chi connectivity index (χ1) is 8.86. The van der Waals surface area contributed by atoms with Gasteiger partial charge in [-0.05, 0) is 58.0 Å². The quantitative estimate of drug-likeness (QED) is 0.880. The van der Waals surface area contributed by atoms with Crippen molar-refractivity contribution in [3.63, 3.8) is 0 Å². The zero-order valence-electron chi connectivity index (χ0n) is 11.0. The van der Waals surface area contributed by atoms with E-state index in [1.165, 1.54) is 24.1 Å². The molecule has 0 spiro atoms. The number of nitrogens with one attached hydrogen (secondary N) is 1. The predicted molar refractivity (Wildman–Crippen MR) is 69.7 cm³/mol. The molecule has 1 N–H and O–H groups in total. The molecule has 4 heteroatoms. The normalized spacial score (nSPS) is 26.3. The molecule has 0 aliphatic heterocycles. The Bertz CT molecular complexity index is 416. The van der Waals surface area contributed by atoms with Crippen molar-refractivity contribution in [1.29, 1.82) is 0 Å². The van der Waals surface area contributed by atoms with Crippen LogP contribution in [0.25, 0.3) is 0 Å². The van der Waals surface area contributed by atoms with Crippen LogP contribution in [0.2, 0.25) is 0 Å². The Kier molecular flexibility index (Phi) is 3.46. The summed E-state index contributed by atoms with van der Waals surface area (Å²) in [6, 6.07) is 0. The Balaban J connectivity index is 1.63. The molecule has 2 aliphatic carbocycles. The second-order valence-corrected chi connectivity index (χ2v) is 5.45. The van der Waals surface area contributed by atoms with Gasteiger partial charge in [-0.1, -0.05) is 0 Å². The number of ether oxygens (including phenoxy) is 1. The fourth-order valence-electron chi connectivity index (χ4n) is 2.98. The van der Waals surface area contributed by atoms with Crippen molar-refractivity contribution >= 4 is 0 Å². The fraction of sp³-hybridized carbons (Fsp3) is 0.714. The fourth-order valence-corrected chi connectivity index (χ4v) is 2.98. The van der Waals surface area contributed by atoms with Gasteiger partial charge in [0.1, 0.15) is 12.4 Å². The van der Waals surface area contributed by atoms with E-state index in [1.807, 2.05) is 7.05 Å². The summed E-state index contributed by atoms with van der Waals surface area (Å²) < 4.78 is 6.05. The number of nitrogens with zero attached hydrogens (tertiary/aromatic N) is 2. The summed E-state index contributed by atoms with van der Waals surface area (Å²) in [4.78, 5) is 8.71. The summed E-state index contributed by atoms with van der Waals surface area (Å²) in [5.74, 6) is 1.63. The van der Waals surface area contributed by atoms with E-state index in [4.69, 9.17) is 4.74 Å². The topological polar surface area (TPSA) is 47.0 Å². The third-order valence-electron chi connectivity index (χ3n) is 4.05. The van der Waals surface area contributed by atoms with Crippen molar-refractivity contribution in [2.45, 2.75) is 44.6 Å². The molecule has 1 aromatic rings. The average molecular weight is 247 g/mol. The lowest BCUT2D eigenvalue weighted by atomic mass is 9.82. The Hall–Kier alpha value is -1.16. The van der Waals surface area contributed by atoms with E-state index < -0.39 is 0 Å². The van der Waals surface area contributed by atoms with E-state index >= 15 is 0 Å². The first-order valence-electron chi connectivity index (χ1n) is 7.01. The van der Waals surface area contributed by atoms with Gasteiger partial charge in [0.15, 0.2) is 0 Å². The monoisotopic (exact) mass is 247 g/mol. The smallest absolute Gasteiger partial charge is 0.220 e. The molecule has 0 saturated heterocycles. The number of hydrogen-bond acceptors (Lipinski definition) is 4. The summed E-state index contributed by atoms with van der Waals surface area (Å²) in [5, 5.41) is 3.22. The molecule has 1 heterocycles. The molecular formula is C14H21N3O. The van der Waals surface area contributed by atoms with Crippen LogP contribution >= 0.6 is 0 Å². The van der Waals surface area contributed by atoms with Gasteiger partial charge in [0, 0.05) is 5.56 Å². The minimum atomic E-state index is 0.365. The Morgan fingerprint density at radius 2 is 2.11 bits per heavy atom. The van der Waals surface area contributed by atoms with E-state index in [2.05, 4.69) is 15.3 Å². The van der Waals surface area contributed by atoms with Crippen LogP contribution in [-0.2, 0) is 12.8 Å². The zero-order chi connectivity index (χ0) is 12.4. The number of aryl methyl sites for hydroxylation is 1. The molecule has 1 saturated carbocycles. The minimum Gasteiger partial charge on any atom is -0.474 e. The zero-order valence-corrected chi connectivity index (χ0v) is 11.0. The maximum atomic E-state index is 6.05. The molecule has 1 aromatic heterocycles. The number of aromatic nitrogens is 2. The molecule has 0 unspecified atom stereocenters. The predicted octanol–water partition coefficient (Wildman–Crippen LogP) is 1.73. The maximum absolute atomic E-state index is 6.05. The Morgan fingerprint density at radius 3 is 2.94 bits per heavy atom. The molecule has 2 aliphatic rings. The molecule has 0 bridgehead atoms. The van der Waals surface area contributed by atoms with Gasteiger partial charge in [-0.2, -0.15) is 0 Å². The van der Waals surface area contributed by atoms with E-state index in [1.54, 1.807) is 6.33 Å². The van der Waals surface area contributed by atoms with Gasteiger partial charge in [0.25, 0.3) is 0 Å². The van der Waals surface area contributed by atoms with Crippen molar-refractivity contribution < 1.29 is 4.74 Å². The van der Waals surface area contributed by atoms with Gasteiger partial charge in [0.05, 0.1) is 5.69 Å². The first-order valence-corrected chi connectivity index (χ1v) is 7.01. The van der Waals surface area contributed by atoms with Crippen LogP contribution in [0.3, 0.4) is 0 Å². The lowest BCUT2D eigenvalue weighted by Crippen LogP contribution is -2.39. The van der Waals surface area contributed by atoms with Crippen LogP contribution in [0.15, 0.2) is 6.33 Å². The van der Waals surface area contributed by atoms with Crippen molar-refractivity contribution in [2.24, 2.45) is 5.92 Å². The number of fused-ring (bicyclic) bond motifs is 1. The van der Waals surface area contributed by atoms with Crippen molar-refractivity contribution in [3.05, 3.63) is 17.6 Å². The molecule has 98 valence electrons. The number of rotatable bonds is 4. The Morgan fingerprint density at radius 1 is 1.28 bits per heavy atom. The molecule has 18 heavy (non-hydrogen) atoms. The summed E-state index contributed by atoms with van der Waals surface area (Å²) in [7, 11) is 2.01. The van der Waals surface area contributed by atoms with E-state index in [9.17, 15) is 0 Å². The summed E-state index contributed by atoms with van der Waals surface area (Å²) in [6.07, 6.45) is 8.98. The van der Waals surface area contributed by atoms with Gasteiger partial charge < -0.3 is 10.1 Å². The largest absolute Gasteiger partial charge is 0.474 e. The van der Waals surface area contributed by atoms with Crippen LogP contribution in [0, 0.1) is 5.92 Å². The van der Waals surface area contributed by atoms with Crippen molar-refractivity contribution in [3.8, 4) is 5.88 Å². The van der Waals surface area contributed by atoms with E-state index in [0.717, 1.165) is 44.0 Å². The second kappa shape index (κ2) is 5.22. The summed E-state index contributed by atoms with van der Waals surface area (Å²) in [5.41, 5.74) is 2.47. The first kappa shape index (κ1) is 11.9. The third kappa shape index (κ3) is 2.34. The number of hydrogen-bond donors (Lipinski definition) is 1. The van der Waals surface area contributed by atoms with Crippen LogP contribution in [0.4, 0.5) is 0 Å². The second-order valence-electron chi connectivity index (χ2n) is 5.45. The molecule has 0 aromatic carbocycles. The summed E-state index contributed by atoms with van der Waals surface area (Å²) >= 11 is 0. The highest BCUT2D eigenvalue weighted by molar-refractivity contribution is 5.31. The van der Waals surface area contributed by atoms with Crippen molar-refractivity contribution in [1.82, 2.24) is 15.3 Å². The highest BCUT2D eigenvalue weighted by Crippen LogP contribution is 2.33. The highest BCUT2D eigenvalue weighted by Gasteiger charge is 2.31. The molecule has 3 rings (SSSR count). The highest BCUT2D eigenvalue weighted by atomic mass is 16.5. The molecule has 0 amide bonds. The Labute approximate surface area is 108 Å². The van der Waals surface area contributed by atoms with Crippen LogP contribution < -0.4 is 10.1 Å². The maximum Gasteiger partial charge on any atom is 0.220 e. The van der Waals surface area contributed by atoms with Gasteiger partial charge >= 0.3 is 0 Å². The van der Waals surface area contributed by atoms with Gasteiger partial charge in [-0.3, -0.25) is 0 Å². The van der Waals surface area contributed by atoms with Crippen LogP contribution in [0.5, 0.6) is 5.88 Å². The van der Waals surface area contributed by atoms with E-state index in [-0.39, 0.29) is 0 Å². The van der Waals surface area contributed by atoms with E-state index in [0.29, 0.717) is 6.10 Å². The van der Waals surface area contributed by atoms with Crippen LogP contribution in [-0.4, -0.2) is 29.7 Å². The molecule has 0 radical (unpaired) electrons. The molecule has 1 fully saturated rings. The van der Waals surface area contributed by atoms with Gasteiger partial charge in [-0.15, -0.1) is 0 Å². The van der Waals surface area contributed by atoms with Gasteiger partial charge in [-0.25, -0.2) is 9.97 Å². The molecular weight excluding hydrogens is 226 g/mol. The SMILES string of the molecule is CNCC1CC(Oc2ncnc3c2CCCC3)C1. The van der Waals surface area contributed by atoms with Gasteiger partial charge in [0.2, 0.25) is 5.88 Å². The summed E-state index contributed by atoms with van der Waals surface area (Å²) in [6.45, 7) is 1.10. The molecule has 4 nitrogen and oxygen atoms in total. The average Bonchev–Trinajstić information content (AvgIpc) is 2.37. The lowest BCUT2D eigenvalue weighted by molar-refractivity contribution is 0.0603.